The third kappa shape index (κ3) is 2.75. The van der Waals surface area contributed by atoms with E-state index >= 15 is 0 Å². The summed E-state index contributed by atoms with van der Waals surface area (Å²) in [6, 6.07) is 8.42. The average Bonchev–Trinajstić information content (AvgIpc) is 3.07. The Morgan fingerprint density at radius 3 is 2.73 bits per heavy atom. The molecule has 0 saturated carbocycles. The van der Waals surface area contributed by atoms with Gasteiger partial charge in [0.1, 0.15) is 0 Å². The first-order valence-corrected chi connectivity index (χ1v) is 6.53. The van der Waals surface area contributed by atoms with Gasteiger partial charge in [0.25, 0.3) is 0 Å². The number of rotatable bonds is 5. The number of anilines is 1. The molecule has 0 bridgehead atoms. The van der Waals surface area contributed by atoms with Crippen LogP contribution >= 0.6 is 0 Å². The molecule has 3 rings (SSSR count). The third-order valence-corrected chi connectivity index (χ3v) is 3.02. The van der Waals surface area contributed by atoms with Gasteiger partial charge >= 0.3 is 5.69 Å². The Kier molecular flexibility index (Phi) is 3.73. The SMILES string of the molecule is O=[N+]([O-])c1cccnc1NCc1cccnc1-n1cccn1. The fourth-order valence-electron chi connectivity index (χ4n) is 2.03. The van der Waals surface area contributed by atoms with Crippen molar-refractivity contribution in [3.63, 3.8) is 0 Å². The molecule has 3 heterocycles. The number of hydrogen-bond donors (Lipinski definition) is 1. The van der Waals surface area contributed by atoms with Gasteiger partial charge in [0, 0.05) is 43.0 Å². The van der Waals surface area contributed by atoms with Crippen LogP contribution in [0.15, 0.2) is 55.1 Å². The minimum atomic E-state index is -0.465. The van der Waals surface area contributed by atoms with E-state index in [2.05, 4.69) is 20.4 Å². The van der Waals surface area contributed by atoms with Crippen molar-refractivity contribution >= 4 is 11.5 Å². The molecule has 0 spiro atoms. The molecular weight excluding hydrogens is 284 g/mol. The van der Waals surface area contributed by atoms with Crippen LogP contribution in [0.3, 0.4) is 0 Å². The molecule has 110 valence electrons. The van der Waals surface area contributed by atoms with Crippen molar-refractivity contribution in [3.8, 4) is 5.82 Å². The van der Waals surface area contributed by atoms with Crippen LogP contribution < -0.4 is 5.32 Å². The highest BCUT2D eigenvalue weighted by Gasteiger charge is 2.14. The molecule has 8 nitrogen and oxygen atoms in total. The molecule has 1 N–H and O–H groups in total. The lowest BCUT2D eigenvalue weighted by Gasteiger charge is -2.10. The first-order chi connectivity index (χ1) is 10.8. The molecule has 3 aromatic heterocycles. The first-order valence-electron chi connectivity index (χ1n) is 6.53. The Bertz CT molecular complexity index is 788. The zero-order valence-electron chi connectivity index (χ0n) is 11.5. The van der Waals surface area contributed by atoms with Crippen molar-refractivity contribution in [1.82, 2.24) is 19.7 Å². The van der Waals surface area contributed by atoms with E-state index < -0.39 is 4.92 Å². The topological polar surface area (TPSA) is 98.8 Å². The Labute approximate surface area is 125 Å². The van der Waals surface area contributed by atoms with Gasteiger partial charge in [0.2, 0.25) is 5.82 Å². The Hall–Kier alpha value is -3.29. The average molecular weight is 296 g/mol. The Morgan fingerprint density at radius 2 is 1.95 bits per heavy atom. The molecule has 22 heavy (non-hydrogen) atoms. The highest BCUT2D eigenvalue weighted by Crippen LogP contribution is 2.21. The highest BCUT2D eigenvalue weighted by atomic mass is 16.6. The lowest BCUT2D eigenvalue weighted by molar-refractivity contribution is -0.384. The van der Waals surface area contributed by atoms with Crippen molar-refractivity contribution in [2.75, 3.05) is 5.32 Å². The summed E-state index contributed by atoms with van der Waals surface area (Å²) in [7, 11) is 0. The van der Waals surface area contributed by atoms with Crippen LogP contribution in [0, 0.1) is 10.1 Å². The van der Waals surface area contributed by atoms with E-state index in [1.54, 1.807) is 35.4 Å². The molecule has 0 fully saturated rings. The zero-order chi connectivity index (χ0) is 15.4. The monoisotopic (exact) mass is 296 g/mol. The molecule has 0 saturated heterocycles. The molecule has 3 aromatic rings. The quantitative estimate of drug-likeness (QED) is 0.572. The molecule has 0 aliphatic rings. The fourth-order valence-corrected chi connectivity index (χ4v) is 2.03. The zero-order valence-corrected chi connectivity index (χ0v) is 11.5. The smallest absolute Gasteiger partial charge is 0.311 e. The van der Waals surface area contributed by atoms with E-state index in [-0.39, 0.29) is 11.5 Å². The maximum atomic E-state index is 11.0. The molecule has 0 aliphatic heterocycles. The van der Waals surface area contributed by atoms with Crippen LogP contribution in [-0.4, -0.2) is 24.7 Å². The summed E-state index contributed by atoms with van der Waals surface area (Å²) in [6.45, 7) is 0.348. The summed E-state index contributed by atoms with van der Waals surface area (Å²) in [6.07, 6.45) is 6.63. The van der Waals surface area contributed by atoms with E-state index in [0.29, 0.717) is 12.4 Å². The van der Waals surface area contributed by atoms with Crippen LogP contribution in [0.4, 0.5) is 11.5 Å². The second-order valence-corrected chi connectivity index (χ2v) is 4.42. The van der Waals surface area contributed by atoms with Gasteiger partial charge in [-0.2, -0.15) is 5.10 Å². The normalized spacial score (nSPS) is 10.4. The van der Waals surface area contributed by atoms with Crippen molar-refractivity contribution < 1.29 is 4.92 Å². The van der Waals surface area contributed by atoms with Crippen LogP contribution in [0.1, 0.15) is 5.56 Å². The van der Waals surface area contributed by atoms with Gasteiger partial charge in [-0.15, -0.1) is 0 Å². The van der Waals surface area contributed by atoms with E-state index in [0.717, 1.165) is 5.56 Å². The summed E-state index contributed by atoms with van der Waals surface area (Å²) in [4.78, 5) is 18.8. The lowest BCUT2D eigenvalue weighted by atomic mass is 10.2. The van der Waals surface area contributed by atoms with Gasteiger partial charge in [0.15, 0.2) is 5.82 Å². The summed E-state index contributed by atoms with van der Waals surface area (Å²) >= 11 is 0. The lowest BCUT2D eigenvalue weighted by Crippen LogP contribution is -2.09. The number of nitrogens with one attached hydrogen (secondary N) is 1. The van der Waals surface area contributed by atoms with Gasteiger partial charge in [-0.25, -0.2) is 14.6 Å². The minimum absolute atomic E-state index is 0.0629. The second kappa shape index (κ2) is 6.00. The molecule has 0 atom stereocenters. The molecule has 0 unspecified atom stereocenters. The maximum absolute atomic E-state index is 11.0. The minimum Gasteiger partial charge on any atom is -0.360 e. The standard InChI is InChI=1S/C14H12N6O2/c21-20(22)12-5-2-6-15-13(12)17-10-11-4-1-7-16-14(11)19-9-3-8-18-19/h1-9H,10H2,(H,15,17). The van der Waals surface area contributed by atoms with Gasteiger partial charge in [0.05, 0.1) is 4.92 Å². The number of hydrogen-bond acceptors (Lipinski definition) is 6. The van der Waals surface area contributed by atoms with E-state index in [4.69, 9.17) is 0 Å². The number of nitrogens with zero attached hydrogens (tertiary/aromatic N) is 5. The Balaban J connectivity index is 1.85. The molecule has 8 heteroatoms. The first kappa shape index (κ1) is 13.7. The number of aromatic nitrogens is 4. The van der Waals surface area contributed by atoms with E-state index in [1.807, 2.05) is 6.07 Å². The largest absolute Gasteiger partial charge is 0.360 e. The van der Waals surface area contributed by atoms with E-state index in [9.17, 15) is 10.1 Å². The fraction of sp³-hybridized carbons (Fsp3) is 0.0714. The maximum Gasteiger partial charge on any atom is 0.311 e. The van der Waals surface area contributed by atoms with Crippen molar-refractivity contribution in [2.24, 2.45) is 0 Å². The predicted molar refractivity (Wildman–Crippen MR) is 79.6 cm³/mol. The summed E-state index contributed by atoms with van der Waals surface area (Å²) in [5.74, 6) is 0.890. The van der Waals surface area contributed by atoms with Crippen LogP contribution in [0.2, 0.25) is 0 Å². The molecule has 0 aliphatic carbocycles. The Morgan fingerprint density at radius 1 is 1.14 bits per heavy atom. The number of nitro groups is 1. The molecule has 0 aromatic carbocycles. The second-order valence-electron chi connectivity index (χ2n) is 4.42. The van der Waals surface area contributed by atoms with Crippen molar-refractivity contribution in [3.05, 3.63) is 70.8 Å². The summed E-state index contributed by atoms with van der Waals surface area (Å²) in [5.41, 5.74) is 0.790. The van der Waals surface area contributed by atoms with E-state index in [1.165, 1.54) is 18.3 Å². The molecule has 0 amide bonds. The van der Waals surface area contributed by atoms with Gasteiger partial charge < -0.3 is 5.32 Å². The van der Waals surface area contributed by atoms with Gasteiger partial charge in [-0.05, 0) is 18.2 Å². The van der Waals surface area contributed by atoms with Crippen LogP contribution in [-0.2, 0) is 6.54 Å². The highest BCUT2D eigenvalue weighted by molar-refractivity contribution is 5.55. The van der Waals surface area contributed by atoms with Crippen molar-refractivity contribution in [2.45, 2.75) is 6.54 Å². The summed E-state index contributed by atoms with van der Waals surface area (Å²) in [5, 5.41) is 18.1. The molecular formula is C14H12N6O2. The summed E-state index contributed by atoms with van der Waals surface area (Å²) < 4.78 is 1.64. The van der Waals surface area contributed by atoms with Crippen LogP contribution in [0.5, 0.6) is 0 Å². The predicted octanol–water partition coefficient (Wildman–Crippen LogP) is 2.18. The van der Waals surface area contributed by atoms with Gasteiger partial charge in [-0.1, -0.05) is 6.07 Å². The van der Waals surface area contributed by atoms with Crippen LogP contribution in [0.25, 0.3) is 5.82 Å². The number of pyridine rings is 2. The van der Waals surface area contributed by atoms with Crippen molar-refractivity contribution in [1.29, 1.82) is 0 Å². The van der Waals surface area contributed by atoms with Gasteiger partial charge in [-0.3, -0.25) is 10.1 Å². The molecule has 0 radical (unpaired) electrons. The third-order valence-electron chi connectivity index (χ3n) is 3.02.